The van der Waals surface area contributed by atoms with E-state index in [9.17, 15) is 9.59 Å². The first-order chi connectivity index (χ1) is 11.9. The largest absolute Gasteiger partial charge is 0.481 e. The van der Waals surface area contributed by atoms with Crippen molar-refractivity contribution in [3.8, 4) is 5.75 Å². The quantitative estimate of drug-likeness (QED) is 0.782. The van der Waals surface area contributed by atoms with Crippen molar-refractivity contribution in [3.63, 3.8) is 0 Å². The Balaban J connectivity index is 2.03. The van der Waals surface area contributed by atoms with Gasteiger partial charge in [0.25, 0.3) is 5.91 Å². The molecular weight excluding hydrogens is 342 g/mol. The number of benzene rings is 2. The molecule has 0 saturated heterocycles. The number of carbonyl (C=O) groups excluding carboxylic acids is 2. The number of hydrogen-bond acceptors (Lipinski definition) is 4. The van der Waals surface area contributed by atoms with Gasteiger partial charge in [-0.05, 0) is 62.7 Å². The Morgan fingerprint density at radius 2 is 1.96 bits per heavy atom. The van der Waals surface area contributed by atoms with E-state index >= 15 is 0 Å². The van der Waals surface area contributed by atoms with Crippen molar-refractivity contribution in [2.24, 2.45) is 0 Å². The van der Waals surface area contributed by atoms with Crippen LogP contribution in [-0.4, -0.2) is 24.6 Å². The third-order valence-corrected chi connectivity index (χ3v) is 3.71. The Morgan fingerprint density at radius 1 is 1.20 bits per heavy atom. The van der Waals surface area contributed by atoms with Crippen molar-refractivity contribution in [2.45, 2.75) is 26.9 Å². The van der Waals surface area contributed by atoms with Crippen LogP contribution >= 0.6 is 11.6 Å². The highest BCUT2D eigenvalue weighted by molar-refractivity contribution is 6.30. The third-order valence-electron chi connectivity index (χ3n) is 3.47. The minimum absolute atomic E-state index is 0.299. The second-order valence-corrected chi connectivity index (χ2v) is 5.89. The summed E-state index contributed by atoms with van der Waals surface area (Å²) in [5.74, 6) is -0.169. The molecule has 0 radical (unpaired) electrons. The predicted molar refractivity (Wildman–Crippen MR) is 97.3 cm³/mol. The van der Waals surface area contributed by atoms with Gasteiger partial charge in [-0.3, -0.25) is 4.79 Å². The summed E-state index contributed by atoms with van der Waals surface area (Å²) in [4.78, 5) is 24.0. The maximum atomic E-state index is 12.3. The topological polar surface area (TPSA) is 64.6 Å². The predicted octanol–water partition coefficient (Wildman–Crippen LogP) is 4.23. The van der Waals surface area contributed by atoms with Crippen LogP contribution in [0, 0.1) is 6.92 Å². The molecule has 2 aromatic rings. The van der Waals surface area contributed by atoms with Gasteiger partial charge in [-0.1, -0.05) is 17.7 Å². The average Bonchev–Trinajstić information content (AvgIpc) is 2.56. The molecule has 2 aromatic carbocycles. The van der Waals surface area contributed by atoms with Gasteiger partial charge < -0.3 is 14.8 Å². The minimum Gasteiger partial charge on any atom is -0.481 e. The maximum Gasteiger partial charge on any atom is 0.338 e. The molecule has 2 rings (SSSR count). The van der Waals surface area contributed by atoms with Gasteiger partial charge in [-0.2, -0.15) is 0 Å². The Labute approximate surface area is 151 Å². The van der Waals surface area contributed by atoms with Crippen LogP contribution in [0.1, 0.15) is 29.8 Å². The van der Waals surface area contributed by atoms with Crippen LogP contribution in [0.4, 0.5) is 5.69 Å². The number of nitrogens with one attached hydrogen (secondary N) is 1. The van der Waals surface area contributed by atoms with Gasteiger partial charge in [0.2, 0.25) is 0 Å². The molecule has 0 heterocycles. The maximum absolute atomic E-state index is 12.3. The smallest absolute Gasteiger partial charge is 0.338 e. The van der Waals surface area contributed by atoms with Gasteiger partial charge in [0.1, 0.15) is 5.75 Å². The standard InChI is InChI=1S/C19H20ClNO4/c1-4-24-19(23)14-8-9-17(12(2)10-14)21-18(22)13(3)25-16-7-5-6-15(20)11-16/h5-11,13H,4H2,1-3H3,(H,21,22)/t13-/m1/s1. The van der Waals surface area contributed by atoms with Crippen molar-refractivity contribution in [3.05, 3.63) is 58.6 Å². The van der Waals surface area contributed by atoms with Gasteiger partial charge in [0, 0.05) is 10.7 Å². The highest BCUT2D eigenvalue weighted by Crippen LogP contribution is 2.20. The third kappa shape index (κ3) is 5.22. The summed E-state index contributed by atoms with van der Waals surface area (Å²) in [7, 11) is 0. The van der Waals surface area contributed by atoms with Crippen molar-refractivity contribution in [1.29, 1.82) is 0 Å². The van der Waals surface area contributed by atoms with E-state index < -0.39 is 6.10 Å². The molecule has 132 valence electrons. The van der Waals surface area contributed by atoms with Crippen LogP contribution in [0.5, 0.6) is 5.75 Å². The molecule has 0 spiro atoms. The van der Waals surface area contributed by atoms with Gasteiger partial charge in [-0.25, -0.2) is 4.79 Å². The van der Waals surface area contributed by atoms with E-state index in [1.165, 1.54) is 0 Å². The van der Waals surface area contributed by atoms with E-state index in [1.54, 1.807) is 63.2 Å². The van der Waals surface area contributed by atoms with Crippen molar-refractivity contribution in [2.75, 3.05) is 11.9 Å². The first-order valence-electron chi connectivity index (χ1n) is 7.91. The fraction of sp³-hybridized carbons (Fsp3) is 0.263. The number of aryl methyl sites for hydroxylation is 1. The van der Waals surface area contributed by atoms with Crippen LogP contribution in [0.15, 0.2) is 42.5 Å². The zero-order valence-corrected chi connectivity index (χ0v) is 15.1. The van der Waals surface area contributed by atoms with Crippen molar-refractivity contribution >= 4 is 29.2 Å². The molecule has 0 unspecified atom stereocenters. The number of hydrogen-bond donors (Lipinski definition) is 1. The Hall–Kier alpha value is -2.53. The minimum atomic E-state index is -0.706. The summed E-state index contributed by atoms with van der Waals surface area (Å²) >= 11 is 5.90. The number of carbonyl (C=O) groups is 2. The number of halogens is 1. The van der Waals surface area contributed by atoms with Crippen LogP contribution in [-0.2, 0) is 9.53 Å². The molecule has 0 saturated carbocycles. The SMILES string of the molecule is CCOC(=O)c1ccc(NC(=O)[C@@H](C)Oc2cccc(Cl)c2)c(C)c1. The lowest BCUT2D eigenvalue weighted by atomic mass is 10.1. The van der Waals surface area contributed by atoms with Crippen LogP contribution in [0.25, 0.3) is 0 Å². The number of esters is 1. The van der Waals surface area contributed by atoms with Crippen LogP contribution < -0.4 is 10.1 Å². The van der Waals surface area contributed by atoms with E-state index in [1.807, 2.05) is 0 Å². The molecule has 0 bridgehead atoms. The molecule has 1 amide bonds. The molecule has 0 aliphatic rings. The Kier molecular flexibility index (Phi) is 6.42. The van der Waals surface area contributed by atoms with Crippen molar-refractivity contribution in [1.82, 2.24) is 0 Å². The van der Waals surface area contributed by atoms with E-state index in [-0.39, 0.29) is 11.9 Å². The highest BCUT2D eigenvalue weighted by Gasteiger charge is 2.17. The van der Waals surface area contributed by atoms with Crippen molar-refractivity contribution < 1.29 is 19.1 Å². The highest BCUT2D eigenvalue weighted by atomic mass is 35.5. The number of anilines is 1. The van der Waals surface area contributed by atoms with Gasteiger partial charge in [0.05, 0.1) is 12.2 Å². The first-order valence-corrected chi connectivity index (χ1v) is 8.29. The average molecular weight is 362 g/mol. The molecule has 25 heavy (non-hydrogen) atoms. The summed E-state index contributed by atoms with van der Waals surface area (Å²) < 4.78 is 10.6. The Morgan fingerprint density at radius 3 is 2.60 bits per heavy atom. The molecular formula is C19H20ClNO4. The van der Waals surface area contributed by atoms with E-state index in [2.05, 4.69) is 5.32 Å². The second kappa shape index (κ2) is 8.53. The lowest BCUT2D eigenvalue weighted by molar-refractivity contribution is -0.122. The van der Waals surface area contributed by atoms with Gasteiger partial charge in [0.15, 0.2) is 6.10 Å². The number of rotatable bonds is 6. The molecule has 6 heteroatoms. The zero-order valence-electron chi connectivity index (χ0n) is 14.3. The fourth-order valence-electron chi connectivity index (χ4n) is 2.18. The lowest BCUT2D eigenvalue weighted by Crippen LogP contribution is -2.30. The molecule has 0 aliphatic carbocycles. The molecule has 0 aliphatic heterocycles. The van der Waals surface area contributed by atoms with Gasteiger partial charge in [-0.15, -0.1) is 0 Å². The summed E-state index contributed by atoms with van der Waals surface area (Å²) in [6.07, 6.45) is -0.706. The van der Waals surface area contributed by atoms with Crippen LogP contribution in [0.3, 0.4) is 0 Å². The van der Waals surface area contributed by atoms with E-state index in [0.29, 0.717) is 28.6 Å². The lowest BCUT2D eigenvalue weighted by Gasteiger charge is -2.16. The zero-order chi connectivity index (χ0) is 18.4. The normalized spacial score (nSPS) is 11.5. The number of ether oxygens (including phenoxy) is 2. The summed E-state index contributed by atoms with van der Waals surface area (Å²) in [5.41, 5.74) is 1.81. The van der Waals surface area contributed by atoms with E-state index in [0.717, 1.165) is 5.56 Å². The van der Waals surface area contributed by atoms with E-state index in [4.69, 9.17) is 21.1 Å². The molecule has 1 atom stereocenters. The molecule has 5 nitrogen and oxygen atoms in total. The monoisotopic (exact) mass is 361 g/mol. The fourth-order valence-corrected chi connectivity index (χ4v) is 2.36. The summed E-state index contributed by atoms with van der Waals surface area (Å²) in [5, 5.41) is 3.33. The summed E-state index contributed by atoms with van der Waals surface area (Å²) in [6, 6.07) is 11.8. The summed E-state index contributed by atoms with van der Waals surface area (Å²) in [6.45, 7) is 5.52. The molecule has 0 aromatic heterocycles. The molecule has 1 N–H and O–H groups in total. The second-order valence-electron chi connectivity index (χ2n) is 5.46. The van der Waals surface area contributed by atoms with Gasteiger partial charge >= 0.3 is 5.97 Å². The first kappa shape index (κ1) is 18.8. The van der Waals surface area contributed by atoms with Crippen LogP contribution in [0.2, 0.25) is 5.02 Å². The Bertz CT molecular complexity index is 776. The molecule has 0 fully saturated rings. The number of amides is 1.